The topological polar surface area (TPSA) is 97.4 Å². The Labute approximate surface area is 196 Å². The molecule has 1 saturated carbocycles. The highest BCUT2D eigenvalue weighted by Crippen LogP contribution is 2.28. The van der Waals surface area contributed by atoms with Gasteiger partial charge in [0.15, 0.2) is 5.13 Å². The summed E-state index contributed by atoms with van der Waals surface area (Å²) < 4.78 is 4.91. The molecule has 7 nitrogen and oxygen atoms in total. The van der Waals surface area contributed by atoms with Crippen LogP contribution in [-0.4, -0.2) is 34.6 Å². The van der Waals surface area contributed by atoms with E-state index < -0.39 is 0 Å². The fourth-order valence-electron chi connectivity index (χ4n) is 3.50. The summed E-state index contributed by atoms with van der Waals surface area (Å²) in [6.07, 6.45) is 5.50. The predicted octanol–water partition coefficient (Wildman–Crippen LogP) is 4.89. The fraction of sp³-hybridized carbons (Fsp3) is 0.478. The van der Waals surface area contributed by atoms with Crippen molar-refractivity contribution >= 4 is 51.7 Å². The number of esters is 1. The Balaban J connectivity index is 1.47. The van der Waals surface area contributed by atoms with E-state index in [-0.39, 0.29) is 35.4 Å². The lowest BCUT2D eigenvalue weighted by molar-refractivity contribution is -0.142. The van der Waals surface area contributed by atoms with E-state index in [1.54, 1.807) is 12.3 Å². The molecule has 32 heavy (non-hydrogen) atoms. The summed E-state index contributed by atoms with van der Waals surface area (Å²) in [5.41, 5.74) is 1.36. The normalized spacial score (nSPS) is 15.1. The number of anilines is 2. The minimum Gasteiger partial charge on any atom is -0.466 e. The van der Waals surface area contributed by atoms with Crippen molar-refractivity contribution in [2.75, 3.05) is 17.2 Å². The van der Waals surface area contributed by atoms with Crippen molar-refractivity contribution in [2.24, 2.45) is 5.92 Å². The van der Waals surface area contributed by atoms with Crippen molar-refractivity contribution in [2.45, 2.75) is 62.5 Å². The molecule has 1 aromatic carbocycles. The average Bonchev–Trinajstić information content (AvgIpc) is 3.22. The first kappa shape index (κ1) is 24.3. The van der Waals surface area contributed by atoms with Crippen molar-refractivity contribution in [3.05, 3.63) is 35.3 Å². The molecule has 1 aromatic heterocycles. The second-order valence-electron chi connectivity index (χ2n) is 7.72. The zero-order valence-electron chi connectivity index (χ0n) is 18.4. The molecule has 0 spiro atoms. The van der Waals surface area contributed by atoms with Gasteiger partial charge in [-0.1, -0.05) is 19.3 Å². The van der Waals surface area contributed by atoms with E-state index in [2.05, 4.69) is 15.6 Å². The zero-order valence-corrected chi connectivity index (χ0v) is 20.0. The number of nitrogens with zero attached hydrogens (tertiary/aromatic N) is 1. The minimum absolute atomic E-state index is 0.0914. The smallest absolute Gasteiger partial charge is 0.311 e. The number of carbonyl (C=O) groups is 3. The van der Waals surface area contributed by atoms with Crippen molar-refractivity contribution in [3.8, 4) is 0 Å². The number of carbonyl (C=O) groups excluding carboxylic acids is 3. The molecule has 2 aromatic rings. The van der Waals surface area contributed by atoms with E-state index in [4.69, 9.17) is 4.74 Å². The largest absolute Gasteiger partial charge is 0.466 e. The van der Waals surface area contributed by atoms with E-state index >= 15 is 0 Å². The average molecular weight is 476 g/mol. The van der Waals surface area contributed by atoms with Gasteiger partial charge < -0.3 is 15.4 Å². The number of thioether (sulfide) groups is 1. The summed E-state index contributed by atoms with van der Waals surface area (Å²) in [6, 6.07) is 7.56. The van der Waals surface area contributed by atoms with E-state index in [9.17, 15) is 14.4 Å². The Morgan fingerprint density at radius 1 is 1.16 bits per heavy atom. The van der Waals surface area contributed by atoms with Crippen LogP contribution in [0, 0.1) is 5.92 Å². The minimum atomic E-state index is -0.338. The highest BCUT2D eigenvalue weighted by Gasteiger charge is 2.21. The molecule has 1 atom stereocenters. The summed E-state index contributed by atoms with van der Waals surface area (Å²) in [5.74, 6) is -0.284. The first-order chi connectivity index (χ1) is 15.4. The predicted molar refractivity (Wildman–Crippen MR) is 128 cm³/mol. The number of amides is 2. The molecule has 0 saturated heterocycles. The number of ether oxygens (including phenoxy) is 1. The highest BCUT2D eigenvalue weighted by atomic mass is 32.2. The standard InChI is InChI=1S/C23H29N3O4S2/c1-3-30-20(27)13-18-14-31-23(25-18)26-21(28)15(2)32-19-11-9-17(10-12-19)24-22(29)16-7-5-4-6-8-16/h9-12,14-16H,3-8,13H2,1-2H3,(H,24,29)(H,25,26,28). The molecule has 2 amide bonds. The third-order valence-electron chi connectivity index (χ3n) is 5.19. The molecular formula is C23H29N3O4S2. The maximum atomic E-state index is 12.5. The van der Waals surface area contributed by atoms with Crippen LogP contribution < -0.4 is 10.6 Å². The SMILES string of the molecule is CCOC(=O)Cc1csc(NC(=O)C(C)Sc2ccc(NC(=O)C3CCCCC3)cc2)n1. The lowest BCUT2D eigenvalue weighted by Crippen LogP contribution is -2.24. The van der Waals surface area contributed by atoms with Crippen LogP contribution in [0.3, 0.4) is 0 Å². The number of rotatable bonds is 9. The van der Waals surface area contributed by atoms with Gasteiger partial charge in [-0.05, 0) is 51.0 Å². The van der Waals surface area contributed by atoms with E-state index in [1.165, 1.54) is 29.5 Å². The number of hydrogen-bond donors (Lipinski definition) is 2. The van der Waals surface area contributed by atoms with Crippen LogP contribution in [0.1, 0.15) is 51.6 Å². The molecule has 1 fully saturated rings. The quantitative estimate of drug-likeness (QED) is 0.396. The summed E-state index contributed by atoms with van der Waals surface area (Å²) in [6.45, 7) is 3.91. The fourth-order valence-corrected chi connectivity index (χ4v) is 5.08. The summed E-state index contributed by atoms with van der Waals surface area (Å²) >= 11 is 2.71. The van der Waals surface area contributed by atoms with Crippen LogP contribution in [-0.2, 0) is 25.5 Å². The van der Waals surface area contributed by atoms with Gasteiger partial charge in [0.25, 0.3) is 0 Å². The van der Waals surface area contributed by atoms with Gasteiger partial charge in [0.2, 0.25) is 11.8 Å². The highest BCUT2D eigenvalue weighted by molar-refractivity contribution is 8.00. The first-order valence-corrected chi connectivity index (χ1v) is 12.7. The Morgan fingerprint density at radius 2 is 1.88 bits per heavy atom. The molecule has 0 radical (unpaired) electrons. The monoisotopic (exact) mass is 475 g/mol. The van der Waals surface area contributed by atoms with Crippen molar-refractivity contribution < 1.29 is 19.1 Å². The Bertz CT molecular complexity index is 924. The summed E-state index contributed by atoms with van der Waals surface area (Å²) in [5, 5.41) is 7.67. The lowest BCUT2D eigenvalue weighted by atomic mass is 9.88. The van der Waals surface area contributed by atoms with Gasteiger partial charge in [0.1, 0.15) is 0 Å². The molecular weight excluding hydrogens is 446 g/mol. The van der Waals surface area contributed by atoms with Crippen LogP contribution in [0.2, 0.25) is 0 Å². The molecule has 0 bridgehead atoms. The van der Waals surface area contributed by atoms with Crippen molar-refractivity contribution in [1.29, 1.82) is 0 Å². The lowest BCUT2D eigenvalue weighted by Gasteiger charge is -2.20. The van der Waals surface area contributed by atoms with Crippen LogP contribution >= 0.6 is 23.1 Å². The van der Waals surface area contributed by atoms with Gasteiger partial charge in [0, 0.05) is 21.9 Å². The maximum Gasteiger partial charge on any atom is 0.311 e. The van der Waals surface area contributed by atoms with Crippen LogP contribution in [0.25, 0.3) is 0 Å². The number of aromatic nitrogens is 1. The van der Waals surface area contributed by atoms with Crippen molar-refractivity contribution in [1.82, 2.24) is 4.98 Å². The number of hydrogen-bond acceptors (Lipinski definition) is 7. The van der Waals surface area contributed by atoms with Gasteiger partial charge in [0.05, 0.1) is 24.0 Å². The molecule has 9 heteroatoms. The molecule has 1 unspecified atom stereocenters. The molecule has 172 valence electrons. The van der Waals surface area contributed by atoms with E-state index in [0.717, 1.165) is 36.3 Å². The van der Waals surface area contributed by atoms with Gasteiger partial charge in [-0.3, -0.25) is 14.4 Å². The van der Waals surface area contributed by atoms with Gasteiger partial charge in [-0.25, -0.2) is 4.98 Å². The van der Waals surface area contributed by atoms with Crippen LogP contribution in [0.15, 0.2) is 34.5 Å². The van der Waals surface area contributed by atoms with E-state index in [0.29, 0.717) is 17.4 Å². The van der Waals surface area contributed by atoms with Crippen LogP contribution in [0.4, 0.5) is 10.8 Å². The Hall–Kier alpha value is -2.39. The second kappa shape index (κ2) is 12.0. The van der Waals surface area contributed by atoms with Crippen molar-refractivity contribution in [3.63, 3.8) is 0 Å². The molecule has 1 aliphatic carbocycles. The number of nitrogens with one attached hydrogen (secondary N) is 2. The molecule has 1 aliphatic rings. The molecule has 1 heterocycles. The molecule has 2 N–H and O–H groups in total. The third kappa shape index (κ3) is 7.34. The number of thiazole rings is 1. The first-order valence-electron chi connectivity index (χ1n) is 10.9. The van der Waals surface area contributed by atoms with Gasteiger partial charge in [-0.2, -0.15) is 0 Å². The Morgan fingerprint density at radius 3 is 2.56 bits per heavy atom. The molecule has 3 rings (SSSR count). The van der Waals surface area contributed by atoms with E-state index in [1.807, 2.05) is 31.2 Å². The van der Waals surface area contributed by atoms with Crippen LogP contribution in [0.5, 0.6) is 0 Å². The van der Waals surface area contributed by atoms with Gasteiger partial charge in [-0.15, -0.1) is 23.1 Å². The Kier molecular flexibility index (Phi) is 9.11. The maximum absolute atomic E-state index is 12.5. The summed E-state index contributed by atoms with van der Waals surface area (Å²) in [4.78, 5) is 41.7. The zero-order chi connectivity index (χ0) is 22.9. The number of benzene rings is 1. The third-order valence-corrected chi connectivity index (χ3v) is 7.11. The summed E-state index contributed by atoms with van der Waals surface area (Å²) in [7, 11) is 0. The second-order valence-corrected chi connectivity index (χ2v) is 10.00. The molecule has 0 aliphatic heterocycles. The van der Waals surface area contributed by atoms with Gasteiger partial charge >= 0.3 is 5.97 Å².